The van der Waals surface area contributed by atoms with Gasteiger partial charge in [-0.05, 0) is 90.8 Å². The third-order valence-electron chi connectivity index (χ3n) is 8.43. The summed E-state index contributed by atoms with van der Waals surface area (Å²) in [5.41, 5.74) is 5.51. The van der Waals surface area contributed by atoms with Crippen molar-refractivity contribution in [2.75, 3.05) is 0 Å². The number of halogens is 1. The van der Waals surface area contributed by atoms with Crippen LogP contribution in [0.3, 0.4) is 0 Å². The van der Waals surface area contributed by atoms with E-state index < -0.39 is 23.6 Å². The minimum Gasteiger partial charge on any atom is -0.460 e. The summed E-state index contributed by atoms with van der Waals surface area (Å²) >= 11 is 0. The number of rotatable bonds is 10. The molecule has 1 N–H and O–H groups in total. The van der Waals surface area contributed by atoms with Gasteiger partial charge < -0.3 is 24.1 Å². The van der Waals surface area contributed by atoms with E-state index in [0.717, 1.165) is 39.3 Å². The molecular weight excluding hydrogens is 635 g/mol. The number of aromatic nitrogens is 3. The topological polar surface area (TPSA) is 96.6 Å². The van der Waals surface area contributed by atoms with E-state index in [-0.39, 0.29) is 36.7 Å². The molecule has 2 atom stereocenters. The maximum Gasteiger partial charge on any atom is 0.308 e. The van der Waals surface area contributed by atoms with Gasteiger partial charge in [0.15, 0.2) is 5.79 Å². The molecule has 9 nitrogen and oxygen atoms in total. The van der Waals surface area contributed by atoms with Gasteiger partial charge in [-0.2, -0.15) is 5.10 Å². The van der Waals surface area contributed by atoms with E-state index in [1.165, 1.54) is 12.1 Å². The molecule has 2 aromatic carbocycles. The highest BCUT2D eigenvalue weighted by Gasteiger charge is 2.37. The van der Waals surface area contributed by atoms with E-state index in [1.807, 2.05) is 116 Å². The standard InChI is InChI=1S/C40H49FN4O5/c1-25(2)45-33(20-19-31-22-32(49-40(7,8)48-31)23-34(46)50-39(4,5)6)35(28-15-17-29(41)18-16-28)36(27-13-11-10-12-14-27)37(45)38(47)42-24-30-21-26(3)44(9)43-30/h10-21,25,31-32H,22-24H2,1-9H3,(H,42,47)/b20-19+/t31-,32-/m1/s1. The van der Waals surface area contributed by atoms with E-state index in [0.29, 0.717) is 12.1 Å². The van der Waals surface area contributed by atoms with Crippen LogP contribution in [-0.2, 0) is 32.6 Å². The van der Waals surface area contributed by atoms with Gasteiger partial charge in [-0.25, -0.2) is 4.39 Å². The first-order valence-corrected chi connectivity index (χ1v) is 17.1. The van der Waals surface area contributed by atoms with Crippen LogP contribution in [0.5, 0.6) is 0 Å². The summed E-state index contributed by atoms with van der Waals surface area (Å²) < 4.78 is 36.1. The fraction of sp³-hybridized carbons (Fsp3) is 0.425. The smallest absolute Gasteiger partial charge is 0.308 e. The number of esters is 1. The molecule has 1 saturated heterocycles. The van der Waals surface area contributed by atoms with Crippen LogP contribution in [-0.4, -0.2) is 49.8 Å². The van der Waals surface area contributed by atoms with Crippen LogP contribution in [0.4, 0.5) is 4.39 Å². The lowest BCUT2D eigenvalue weighted by Crippen LogP contribution is -2.45. The molecule has 1 aliphatic heterocycles. The van der Waals surface area contributed by atoms with Crippen LogP contribution < -0.4 is 5.32 Å². The molecule has 2 aromatic heterocycles. The van der Waals surface area contributed by atoms with Gasteiger partial charge in [0.05, 0.1) is 30.9 Å². The zero-order valence-corrected chi connectivity index (χ0v) is 30.5. The van der Waals surface area contributed by atoms with Crippen LogP contribution >= 0.6 is 0 Å². The highest BCUT2D eigenvalue weighted by atomic mass is 19.1. The SMILES string of the molecule is Cc1cc(CNC(=O)c2c(-c3ccccc3)c(-c3ccc(F)cc3)c(/C=C/[C@@H]3C[C@H](CC(=O)OC(C)(C)C)OC(C)(C)O3)n2C(C)C)nn1C. The highest BCUT2D eigenvalue weighted by molar-refractivity contribution is 6.06. The molecule has 1 aliphatic rings. The van der Waals surface area contributed by atoms with Crippen molar-refractivity contribution in [3.63, 3.8) is 0 Å². The van der Waals surface area contributed by atoms with E-state index in [4.69, 9.17) is 14.2 Å². The number of aryl methyl sites for hydroxylation is 2. The number of benzene rings is 2. The van der Waals surface area contributed by atoms with Crippen LogP contribution in [0.2, 0.25) is 0 Å². The molecule has 1 amide bonds. The van der Waals surface area contributed by atoms with Gasteiger partial charge in [-0.15, -0.1) is 0 Å². The number of amides is 1. The van der Waals surface area contributed by atoms with Gasteiger partial charge in [-0.1, -0.05) is 48.5 Å². The summed E-state index contributed by atoms with van der Waals surface area (Å²) in [4.78, 5) is 27.1. The summed E-state index contributed by atoms with van der Waals surface area (Å²) in [6, 6.07) is 17.9. The molecule has 10 heteroatoms. The predicted octanol–water partition coefficient (Wildman–Crippen LogP) is 8.17. The first-order valence-electron chi connectivity index (χ1n) is 17.1. The van der Waals surface area contributed by atoms with E-state index in [9.17, 15) is 14.0 Å². The predicted molar refractivity (Wildman–Crippen MR) is 193 cm³/mol. The lowest BCUT2D eigenvalue weighted by molar-refractivity contribution is -0.290. The molecule has 1 fully saturated rings. The molecule has 50 heavy (non-hydrogen) atoms. The number of nitrogens with one attached hydrogen (secondary N) is 1. The minimum absolute atomic E-state index is 0.0931. The monoisotopic (exact) mass is 684 g/mol. The quantitative estimate of drug-likeness (QED) is 0.169. The van der Waals surface area contributed by atoms with Gasteiger partial charge in [0.25, 0.3) is 5.91 Å². The minimum atomic E-state index is -0.955. The second kappa shape index (κ2) is 14.7. The summed E-state index contributed by atoms with van der Waals surface area (Å²) in [5.74, 6) is -1.90. The van der Waals surface area contributed by atoms with Crippen LogP contribution in [0, 0.1) is 12.7 Å². The first-order chi connectivity index (χ1) is 23.5. The Balaban J connectivity index is 1.62. The summed E-state index contributed by atoms with van der Waals surface area (Å²) in [5, 5.41) is 7.64. The largest absolute Gasteiger partial charge is 0.460 e. The van der Waals surface area contributed by atoms with Crippen molar-refractivity contribution in [1.29, 1.82) is 0 Å². The summed E-state index contributed by atoms with van der Waals surface area (Å²) in [7, 11) is 1.87. The van der Waals surface area contributed by atoms with Gasteiger partial charge in [-0.3, -0.25) is 14.3 Å². The van der Waals surface area contributed by atoms with Crippen LogP contribution in [0.15, 0.2) is 66.7 Å². The van der Waals surface area contributed by atoms with Crippen molar-refractivity contribution in [2.24, 2.45) is 7.05 Å². The van der Waals surface area contributed by atoms with Gasteiger partial charge >= 0.3 is 5.97 Å². The Morgan fingerprint density at radius 2 is 1.72 bits per heavy atom. The zero-order valence-electron chi connectivity index (χ0n) is 30.5. The van der Waals surface area contributed by atoms with Gasteiger partial charge in [0.2, 0.25) is 0 Å². The molecule has 5 rings (SSSR count). The zero-order chi connectivity index (χ0) is 36.4. The summed E-state index contributed by atoms with van der Waals surface area (Å²) in [6.45, 7) is 15.5. The Kier molecular flexibility index (Phi) is 10.8. The van der Waals surface area contributed by atoms with Crippen molar-refractivity contribution >= 4 is 18.0 Å². The second-order valence-electron chi connectivity index (χ2n) is 14.6. The normalized spacial score (nSPS) is 17.7. The average molecular weight is 685 g/mol. The Bertz CT molecular complexity index is 1830. The van der Waals surface area contributed by atoms with Crippen molar-refractivity contribution in [3.8, 4) is 22.3 Å². The Labute approximate surface area is 294 Å². The third-order valence-corrected chi connectivity index (χ3v) is 8.43. The Hall–Kier alpha value is -4.54. The fourth-order valence-electron chi connectivity index (χ4n) is 6.46. The van der Waals surface area contributed by atoms with Gasteiger partial charge in [0.1, 0.15) is 17.1 Å². The van der Waals surface area contributed by atoms with Crippen LogP contribution in [0.25, 0.3) is 28.3 Å². The Morgan fingerprint density at radius 3 is 2.32 bits per heavy atom. The lowest BCUT2D eigenvalue weighted by Gasteiger charge is -2.39. The van der Waals surface area contributed by atoms with Crippen molar-refractivity contribution < 1.29 is 28.2 Å². The molecule has 4 aromatic rings. The molecule has 3 heterocycles. The van der Waals surface area contributed by atoms with E-state index in [1.54, 1.807) is 16.8 Å². The van der Waals surface area contributed by atoms with E-state index >= 15 is 0 Å². The van der Waals surface area contributed by atoms with Crippen molar-refractivity contribution in [3.05, 3.63) is 95.3 Å². The number of hydrogen-bond donors (Lipinski definition) is 1. The maximum atomic E-state index is 14.4. The molecule has 0 bridgehead atoms. The number of nitrogens with zero attached hydrogens (tertiary/aromatic N) is 3. The lowest BCUT2D eigenvalue weighted by atomic mass is 9.94. The Morgan fingerprint density at radius 1 is 1.06 bits per heavy atom. The number of ether oxygens (including phenoxy) is 3. The van der Waals surface area contributed by atoms with Gasteiger partial charge in [0, 0.05) is 42.0 Å². The van der Waals surface area contributed by atoms with E-state index in [2.05, 4.69) is 10.4 Å². The summed E-state index contributed by atoms with van der Waals surface area (Å²) in [6.07, 6.45) is 3.62. The molecule has 0 unspecified atom stereocenters. The fourth-order valence-corrected chi connectivity index (χ4v) is 6.46. The number of carbonyl (C=O) groups is 2. The first kappa shape index (κ1) is 36.7. The average Bonchev–Trinajstić information content (AvgIpc) is 3.54. The molecular formula is C40H49FN4O5. The van der Waals surface area contributed by atoms with Crippen molar-refractivity contribution in [1.82, 2.24) is 19.7 Å². The molecule has 0 saturated carbocycles. The van der Waals surface area contributed by atoms with Crippen LogP contribution in [0.1, 0.15) is 94.9 Å². The number of hydrogen-bond acceptors (Lipinski definition) is 6. The third kappa shape index (κ3) is 8.78. The second-order valence-corrected chi connectivity index (χ2v) is 14.6. The van der Waals surface area contributed by atoms with Crippen molar-refractivity contribution in [2.45, 2.75) is 104 Å². The molecule has 0 radical (unpaired) electrons. The molecule has 266 valence electrons. The maximum absolute atomic E-state index is 14.4. The molecule has 0 aliphatic carbocycles. The number of carbonyl (C=O) groups excluding carboxylic acids is 2. The molecule has 0 spiro atoms. The highest BCUT2D eigenvalue weighted by Crippen LogP contribution is 2.43.